The summed E-state index contributed by atoms with van der Waals surface area (Å²) in [6.07, 6.45) is -0.703. The van der Waals surface area contributed by atoms with Crippen molar-refractivity contribution in [1.29, 1.82) is 0 Å². The number of para-hydroxylation sites is 1. The molecule has 2 nitrogen and oxygen atoms in total. The molecule has 0 spiro atoms. The van der Waals surface area contributed by atoms with Gasteiger partial charge in [0.1, 0.15) is 0 Å². The first-order valence-corrected chi connectivity index (χ1v) is 6.76. The fourth-order valence-electron chi connectivity index (χ4n) is 1.86. The van der Waals surface area contributed by atoms with Gasteiger partial charge in [0.15, 0.2) is 0 Å². The number of hydrogen-bond donors (Lipinski definition) is 2. The van der Waals surface area contributed by atoms with E-state index in [0.29, 0.717) is 22.2 Å². The summed E-state index contributed by atoms with van der Waals surface area (Å²) in [6.45, 7) is 2.39. The van der Waals surface area contributed by atoms with E-state index in [1.54, 1.807) is 18.2 Å². The van der Waals surface area contributed by atoms with Crippen molar-refractivity contribution >= 4 is 28.9 Å². The molecule has 2 rings (SSSR count). The van der Waals surface area contributed by atoms with Crippen molar-refractivity contribution in [3.8, 4) is 0 Å². The number of benzene rings is 2. The SMILES string of the molecule is Cc1ccccc1NCC(O)c1cc(Cl)ccc1Cl. The lowest BCUT2D eigenvalue weighted by Crippen LogP contribution is -2.13. The molecule has 0 amide bonds. The van der Waals surface area contributed by atoms with E-state index in [2.05, 4.69) is 5.32 Å². The normalized spacial score (nSPS) is 12.2. The zero-order valence-electron chi connectivity index (χ0n) is 10.5. The summed E-state index contributed by atoms with van der Waals surface area (Å²) in [7, 11) is 0. The van der Waals surface area contributed by atoms with Crippen molar-refractivity contribution in [2.75, 3.05) is 11.9 Å². The molecule has 0 radical (unpaired) electrons. The summed E-state index contributed by atoms with van der Waals surface area (Å²) in [4.78, 5) is 0. The van der Waals surface area contributed by atoms with Crippen molar-refractivity contribution in [3.05, 3.63) is 63.6 Å². The highest BCUT2D eigenvalue weighted by atomic mass is 35.5. The third-order valence-corrected chi connectivity index (χ3v) is 3.53. The van der Waals surface area contributed by atoms with Gasteiger partial charge in [0, 0.05) is 27.8 Å². The number of nitrogens with one attached hydrogen (secondary N) is 1. The molecule has 1 atom stereocenters. The van der Waals surface area contributed by atoms with Gasteiger partial charge in [-0.05, 0) is 36.8 Å². The Labute approximate surface area is 123 Å². The van der Waals surface area contributed by atoms with E-state index in [-0.39, 0.29) is 0 Å². The molecular weight excluding hydrogens is 281 g/mol. The van der Waals surface area contributed by atoms with Gasteiger partial charge in [0.25, 0.3) is 0 Å². The number of aryl methyl sites for hydroxylation is 1. The van der Waals surface area contributed by atoms with Gasteiger partial charge in [-0.2, -0.15) is 0 Å². The number of halogens is 2. The summed E-state index contributed by atoms with van der Waals surface area (Å²) in [5.74, 6) is 0. The molecule has 2 aromatic rings. The van der Waals surface area contributed by atoms with Crippen molar-refractivity contribution in [2.45, 2.75) is 13.0 Å². The first-order valence-electron chi connectivity index (χ1n) is 6.00. The number of rotatable bonds is 4. The summed E-state index contributed by atoms with van der Waals surface area (Å²) in [5, 5.41) is 14.5. The minimum atomic E-state index is -0.703. The summed E-state index contributed by atoms with van der Waals surface area (Å²) < 4.78 is 0. The lowest BCUT2D eigenvalue weighted by atomic mass is 10.1. The number of aliphatic hydroxyl groups is 1. The molecule has 2 aromatic carbocycles. The lowest BCUT2D eigenvalue weighted by Gasteiger charge is -2.16. The van der Waals surface area contributed by atoms with Gasteiger partial charge < -0.3 is 10.4 Å². The molecule has 100 valence electrons. The molecule has 0 heterocycles. The van der Waals surface area contributed by atoms with Gasteiger partial charge in [-0.15, -0.1) is 0 Å². The van der Waals surface area contributed by atoms with E-state index in [9.17, 15) is 5.11 Å². The Morgan fingerprint density at radius 2 is 1.89 bits per heavy atom. The Hall–Kier alpha value is -1.22. The van der Waals surface area contributed by atoms with Crippen LogP contribution in [0.4, 0.5) is 5.69 Å². The Kier molecular flexibility index (Phi) is 4.70. The third-order valence-electron chi connectivity index (χ3n) is 2.95. The molecule has 0 aromatic heterocycles. The predicted octanol–water partition coefficient (Wildman–Crippen LogP) is 4.45. The third kappa shape index (κ3) is 3.63. The highest BCUT2D eigenvalue weighted by Gasteiger charge is 2.12. The monoisotopic (exact) mass is 295 g/mol. The second-order valence-electron chi connectivity index (χ2n) is 4.38. The van der Waals surface area contributed by atoms with Crippen LogP contribution in [0.1, 0.15) is 17.2 Å². The van der Waals surface area contributed by atoms with E-state index < -0.39 is 6.10 Å². The van der Waals surface area contributed by atoms with Crippen LogP contribution in [0.25, 0.3) is 0 Å². The van der Waals surface area contributed by atoms with Crippen LogP contribution in [0.2, 0.25) is 10.0 Å². The van der Waals surface area contributed by atoms with Crippen molar-refractivity contribution in [2.24, 2.45) is 0 Å². The quantitative estimate of drug-likeness (QED) is 0.873. The van der Waals surface area contributed by atoms with E-state index in [1.165, 1.54) is 0 Å². The molecule has 2 N–H and O–H groups in total. The van der Waals surface area contributed by atoms with Crippen LogP contribution >= 0.6 is 23.2 Å². The summed E-state index contributed by atoms with van der Waals surface area (Å²) >= 11 is 12.0. The van der Waals surface area contributed by atoms with Gasteiger partial charge in [-0.3, -0.25) is 0 Å². The topological polar surface area (TPSA) is 32.3 Å². The Morgan fingerprint density at radius 3 is 2.63 bits per heavy atom. The lowest BCUT2D eigenvalue weighted by molar-refractivity contribution is 0.191. The van der Waals surface area contributed by atoms with Crippen LogP contribution in [-0.2, 0) is 0 Å². The Bertz CT molecular complexity index is 572. The van der Waals surface area contributed by atoms with Crippen LogP contribution in [0.15, 0.2) is 42.5 Å². The highest BCUT2D eigenvalue weighted by Crippen LogP contribution is 2.27. The van der Waals surface area contributed by atoms with E-state index in [0.717, 1.165) is 11.3 Å². The van der Waals surface area contributed by atoms with Gasteiger partial charge in [0.2, 0.25) is 0 Å². The summed E-state index contributed by atoms with van der Waals surface area (Å²) in [5.41, 5.74) is 2.77. The van der Waals surface area contributed by atoms with E-state index >= 15 is 0 Å². The standard InChI is InChI=1S/C15H15Cl2NO/c1-10-4-2-3-5-14(10)18-9-15(19)12-8-11(16)6-7-13(12)17/h2-8,15,18-19H,9H2,1H3. The molecule has 0 aliphatic carbocycles. The average molecular weight is 296 g/mol. The first-order chi connectivity index (χ1) is 9.08. The van der Waals surface area contributed by atoms with Crippen LogP contribution in [0.3, 0.4) is 0 Å². The largest absolute Gasteiger partial charge is 0.387 e. The van der Waals surface area contributed by atoms with Gasteiger partial charge in [-0.25, -0.2) is 0 Å². The minimum Gasteiger partial charge on any atom is -0.387 e. The maximum atomic E-state index is 10.2. The molecule has 0 saturated carbocycles. The molecule has 1 unspecified atom stereocenters. The fraction of sp³-hybridized carbons (Fsp3) is 0.200. The van der Waals surface area contributed by atoms with Crippen LogP contribution in [-0.4, -0.2) is 11.7 Å². The van der Waals surface area contributed by atoms with E-state index in [1.807, 2.05) is 31.2 Å². The van der Waals surface area contributed by atoms with E-state index in [4.69, 9.17) is 23.2 Å². The van der Waals surface area contributed by atoms with Gasteiger partial charge >= 0.3 is 0 Å². The molecule has 0 aliphatic heterocycles. The second kappa shape index (κ2) is 6.29. The maximum Gasteiger partial charge on any atom is 0.0977 e. The summed E-state index contributed by atoms with van der Waals surface area (Å²) in [6, 6.07) is 13.0. The van der Waals surface area contributed by atoms with Crippen LogP contribution < -0.4 is 5.32 Å². The fourth-order valence-corrected chi connectivity index (χ4v) is 2.28. The first kappa shape index (κ1) is 14.2. The number of aliphatic hydroxyl groups excluding tert-OH is 1. The van der Waals surface area contributed by atoms with Gasteiger partial charge in [0.05, 0.1) is 6.10 Å². The van der Waals surface area contributed by atoms with Crippen molar-refractivity contribution in [1.82, 2.24) is 0 Å². The molecular formula is C15H15Cl2NO. The Balaban J connectivity index is 2.07. The zero-order chi connectivity index (χ0) is 13.8. The number of anilines is 1. The minimum absolute atomic E-state index is 0.380. The number of hydrogen-bond acceptors (Lipinski definition) is 2. The average Bonchev–Trinajstić information content (AvgIpc) is 2.40. The molecule has 4 heteroatoms. The molecule has 19 heavy (non-hydrogen) atoms. The van der Waals surface area contributed by atoms with Crippen molar-refractivity contribution in [3.63, 3.8) is 0 Å². The van der Waals surface area contributed by atoms with Crippen molar-refractivity contribution < 1.29 is 5.11 Å². The smallest absolute Gasteiger partial charge is 0.0977 e. The molecule has 0 aliphatic rings. The Morgan fingerprint density at radius 1 is 1.16 bits per heavy atom. The second-order valence-corrected chi connectivity index (χ2v) is 5.22. The zero-order valence-corrected chi connectivity index (χ0v) is 12.0. The highest BCUT2D eigenvalue weighted by molar-refractivity contribution is 6.33. The molecule has 0 bridgehead atoms. The van der Waals surface area contributed by atoms with Crippen LogP contribution in [0, 0.1) is 6.92 Å². The maximum absolute atomic E-state index is 10.2. The molecule has 0 fully saturated rings. The molecule has 0 saturated heterocycles. The van der Waals surface area contributed by atoms with Crippen LogP contribution in [0.5, 0.6) is 0 Å². The predicted molar refractivity (Wildman–Crippen MR) is 81.1 cm³/mol. The van der Waals surface area contributed by atoms with Gasteiger partial charge in [-0.1, -0.05) is 41.4 Å².